The Hall–Kier alpha value is -1.01. The highest BCUT2D eigenvalue weighted by Gasteiger charge is 2.37. The number of hydrogen-bond donors (Lipinski definition) is 0. The molecule has 116 valence electrons. The maximum Gasteiger partial charge on any atom is 0.252 e. The van der Waals surface area contributed by atoms with E-state index in [1.165, 1.54) is 15.7 Å². The Labute approximate surface area is 140 Å². The van der Waals surface area contributed by atoms with Gasteiger partial charge >= 0.3 is 0 Å². The molecule has 1 atom stereocenters. The lowest BCUT2D eigenvalue weighted by Gasteiger charge is -2.23. The standard InChI is InChI=1S/C16H16ClNO2S2/c1-12-5-7-15(8-6-12)22(19,20)18-16(9-10-21-18)13-3-2-4-14(17)11-13/h2-8,11,16H,9-10H2,1H3. The topological polar surface area (TPSA) is 37.4 Å². The molecule has 0 amide bonds. The molecule has 0 bridgehead atoms. The molecule has 1 heterocycles. The number of sulfonamides is 1. The molecule has 1 saturated heterocycles. The Morgan fingerprint density at radius 2 is 1.91 bits per heavy atom. The first-order valence-corrected chi connectivity index (χ1v) is 9.74. The van der Waals surface area contributed by atoms with Crippen LogP contribution in [0.3, 0.4) is 0 Å². The molecule has 0 radical (unpaired) electrons. The van der Waals surface area contributed by atoms with Gasteiger partial charge in [-0.3, -0.25) is 0 Å². The van der Waals surface area contributed by atoms with Gasteiger partial charge < -0.3 is 0 Å². The number of benzene rings is 2. The molecule has 0 aromatic heterocycles. The van der Waals surface area contributed by atoms with Crippen molar-refractivity contribution >= 4 is 33.6 Å². The molecular formula is C16H16ClNO2S2. The van der Waals surface area contributed by atoms with Crippen molar-refractivity contribution in [1.82, 2.24) is 3.71 Å². The summed E-state index contributed by atoms with van der Waals surface area (Å²) in [6.07, 6.45) is 0.788. The van der Waals surface area contributed by atoms with Crippen molar-refractivity contribution in [2.24, 2.45) is 0 Å². The Bertz CT molecular complexity index is 775. The lowest BCUT2D eigenvalue weighted by atomic mass is 10.1. The summed E-state index contributed by atoms with van der Waals surface area (Å²) < 4.78 is 27.3. The van der Waals surface area contributed by atoms with Crippen molar-refractivity contribution in [3.05, 3.63) is 64.7 Å². The molecule has 0 N–H and O–H groups in total. The highest BCUT2D eigenvalue weighted by atomic mass is 35.5. The van der Waals surface area contributed by atoms with E-state index in [4.69, 9.17) is 11.6 Å². The summed E-state index contributed by atoms with van der Waals surface area (Å²) in [5, 5.41) is 0.627. The maximum atomic E-state index is 12.9. The largest absolute Gasteiger partial charge is 0.252 e. The molecule has 3 nitrogen and oxygen atoms in total. The van der Waals surface area contributed by atoms with Gasteiger partial charge in [0.25, 0.3) is 10.0 Å². The Balaban J connectivity index is 1.97. The van der Waals surface area contributed by atoms with Crippen LogP contribution in [0.5, 0.6) is 0 Å². The third kappa shape index (κ3) is 3.04. The van der Waals surface area contributed by atoms with E-state index >= 15 is 0 Å². The first-order chi connectivity index (χ1) is 10.5. The number of aryl methyl sites for hydroxylation is 1. The van der Waals surface area contributed by atoms with Gasteiger partial charge in [-0.05, 0) is 43.2 Å². The molecule has 1 fully saturated rings. The minimum atomic E-state index is -3.51. The van der Waals surface area contributed by atoms with Crippen molar-refractivity contribution < 1.29 is 8.42 Å². The number of hydrogen-bond acceptors (Lipinski definition) is 3. The molecule has 6 heteroatoms. The third-order valence-electron chi connectivity index (χ3n) is 3.65. The second-order valence-corrected chi connectivity index (χ2v) is 8.81. The van der Waals surface area contributed by atoms with Gasteiger partial charge in [-0.25, -0.2) is 8.42 Å². The van der Waals surface area contributed by atoms with Crippen LogP contribution in [0.1, 0.15) is 23.6 Å². The van der Waals surface area contributed by atoms with Crippen molar-refractivity contribution in [1.29, 1.82) is 0 Å². The quantitative estimate of drug-likeness (QED) is 0.766. The van der Waals surface area contributed by atoms with Gasteiger partial charge in [0.1, 0.15) is 0 Å². The Kier molecular flexibility index (Phi) is 4.50. The molecule has 0 saturated carbocycles. The maximum absolute atomic E-state index is 12.9. The second kappa shape index (κ2) is 6.24. The summed E-state index contributed by atoms with van der Waals surface area (Å²) >= 11 is 7.40. The molecule has 2 aromatic rings. The summed E-state index contributed by atoms with van der Waals surface area (Å²) in [4.78, 5) is 0.333. The van der Waals surface area contributed by atoms with Crippen LogP contribution in [0.2, 0.25) is 5.02 Å². The third-order valence-corrected chi connectivity index (χ3v) is 7.32. The number of nitrogens with zero attached hydrogens (tertiary/aromatic N) is 1. The van der Waals surface area contributed by atoms with Gasteiger partial charge in [-0.1, -0.05) is 53.4 Å². The smallest absolute Gasteiger partial charge is 0.206 e. The molecule has 22 heavy (non-hydrogen) atoms. The Morgan fingerprint density at radius 3 is 2.59 bits per heavy atom. The molecular weight excluding hydrogens is 338 g/mol. The van der Waals surface area contributed by atoms with E-state index in [2.05, 4.69) is 0 Å². The van der Waals surface area contributed by atoms with Crippen LogP contribution in [-0.2, 0) is 10.0 Å². The van der Waals surface area contributed by atoms with E-state index in [9.17, 15) is 8.42 Å². The summed E-state index contributed by atoms with van der Waals surface area (Å²) in [5.74, 6) is 0.780. The van der Waals surface area contributed by atoms with Gasteiger partial charge in [-0.15, -0.1) is 3.71 Å². The van der Waals surface area contributed by atoms with Crippen LogP contribution >= 0.6 is 23.5 Å². The second-order valence-electron chi connectivity index (χ2n) is 5.27. The normalized spacial score (nSPS) is 19.5. The average Bonchev–Trinajstić information content (AvgIpc) is 2.98. The van der Waals surface area contributed by atoms with Crippen LogP contribution in [-0.4, -0.2) is 17.9 Å². The lowest BCUT2D eigenvalue weighted by Crippen LogP contribution is -2.25. The van der Waals surface area contributed by atoms with Gasteiger partial charge in [0, 0.05) is 10.8 Å². The molecule has 0 aliphatic carbocycles. The van der Waals surface area contributed by atoms with Crippen molar-refractivity contribution in [3.8, 4) is 0 Å². The molecule has 2 aromatic carbocycles. The number of rotatable bonds is 3. The summed E-state index contributed by atoms with van der Waals surface area (Å²) in [7, 11) is -3.51. The van der Waals surface area contributed by atoms with Crippen LogP contribution < -0.4 is 0 Å². The predicted molar refractivity (Wildman–Crippen MR) is 91.5 cm³/mol. The highest BCUT2D eigenvalue weighted by Crippen LogP contribution is 2.42. The van der Waals surface area contributed by atoms with E-state index in [1.54, 1.807) is 18.2 Å². The first kappa shape index (κ1) is 15.9. The summed E-state index contributed by atoms with van der Waals surface area (Å²) in [5.41, 5.74) is 1.98. The molecule has 1 unspecified atom stereocenters. The van der Waals surface area contributed by atoms with Crippen molar-refractivity contribution in [3.63, 3.8) is 0 Å². The van der Waals surface area contributed by atoms with Crippen LogP contribution in [0.15, 0.2) is 53.4 Å². The lowest BCUT2D eigenvalue weighted by molar-refractivity contribution is 0.482. The van der Waals surface area contributed by atoms with E-state index in [0.29, 0.717) is 9.92 Å². The van der Waals surface area contributed by atoms with Gasteiger partial charge in [0.2, 0.25) is 0 Å². The zero-order valence-corrected chi connectivity index (χ0v) is 14.5. The van der Waals surface area contributed by atoms with Gasteiger partial charge in [0.05, 0.1) is 10.9 Å². The van der Waals surface area contributed by atoms with E-state index < -0.39 is 10.0 Å². The zero-order valence-electron chi connectivity index (χ0n) is 12.1. The molecule has 0 spiro atoms. The minimum Gasteiger partial charge on any atom is -0.206 e. The summed E-state index contributed by atoms with van der Waals surface area (Å²) in [6, 6.07) is 14.2. The van der Waals surface area contributed by atoms with E-state index in [-0.39, 0.29) is 6.04 Å². The van der Waals surface area contributed by atoms with Crippen LogP contribution in [0.25, 0.3) is 0 Å². The monoisotopic (exact) mass is 353 g/mol. The first-order valence-electron chi connectivity index (χ1n) is 6.98. The zero-order chi connectivity index (χ0) is 15.7. The van der Waals surface area contributed by atoms with Gasteiger partial charge in [-0.2, -0.15) is 0 Å². The SMILES string of the molecule is Cc1ccc(S(=O)(=O)N2SCCC2c2cccc(Cl)c2)cc1. The Morgan fingerprint density at radius 1 is 1.18 bits per heavy atom. The fourth-order valence-electron chi connectivity index (χ4n) is 2.50. The van der Waals surface area contributed by atoms with Gasteiger partial charge in [0.15, 0.2) is 0 Å². The van der Waals surface area contributed by atoms with Crippen LogP contribution in [0, 0.1) is 6.92 Å². The molecule has 1 aliphatic heterocycles. The molecule has 3 rings (SSSR count). The highest BCUT2D eigenvalue weighted by molar-refractivity contribution is 8.08. The molecule has 1 aliphatic rings. The van der Waals surface area contributed by atoms with Crippen LogP contribution in [0.4, 0.5) is 0 Å². The minimum absolute atomic E-state index is 0.171. The van der Waals surface area contributed by atoms with Crippen molar-refractivity contribution in [2.75, 3.05) is 5.75 Å². The fraction of sp³-hybridized carbons (Fsp3) is 0.250. The van der Waals surface area contributed by atoms with Crippen molar-refractivity contribution in [2.45, 2.75) is 24.3 Å². The summed E-state index contributed by atoms with van der Waals surface area (Å²) in [6.45, 7) is 1.94. The number of halogens is 1. The fourth-order valence-corrected chi connectivity index (χ4v) is 5.90. The van der Waals surface area contributed by atoms with E-state index in [0.717, 1.165) is 23.3 Å². The average molecular weight is 354 g/mol. The predicted octanol–water partition coefficient (Wildman–Crippen LogP) is 4.43. The van der Waals surface area contributed by atoms with E-state index in [1.807, 2.05) is 37.3 Å².